The molecule has 2 aromatic carbocycles. The van der Waals surface area contributed by atoms with E-state index in [1.165, 1.54) is 11.8 Å². The molecular weight excluding hydrogens is 384 g/mol. The van der Waals surface area contributed by atoms with Crippen molar-refractivity contribution in [3.63, 3.8) is 0 Å². The van der Waals surface area contributed by atoms with Crippen molar-refractivity contribution in [2.75, 3.05) is 5.75 Å². The molecule has 3 heterocycles. The number of hydrogen-bond donors (Lipinski definition) is 0. The first-order chi connectivity index (χ1) is 14.2. The number of benzene rings is 2. The maximum Gasteiger partial charge on any atom is 0.253 e. The first-order valence-electron chi connectivity index (χ1n) is 9.35. The maximum absolute atomic E-state index is 12.9. The van der Waals surface area contributed by atoms with Crippen molar-refractivity contribution < 1.29 is 4.79 Å². The molecular formula is C21H18N6OS. The van der Waals surface area contributed by atoms with Crippen LogP contribution in [0.1, 0.15) is 23.9 Å². The predicted octanol–water partition coefficient (Wildman–Crippen LogP) is 3.64. The van der Waals surface area contributed by atoms with Gasteiger partial charge in [0.15, 0.2) is 10.8 Å². The van der Waals surface area contributed by atoms with E-state index in [0.717, 1.165) is 28.5 Å². The molecule has 7 nitrogen and oxygen atoms in total. The first kappa shape index (κ1) is 17.8. The molecule has 5 rings (SSSR count). The number of nitrogens with zero attached hydrogens (tertiary/aromatic N) is 6. The molecule has 0 N–H and O–H groups in total. The van der Waals surface area contributed by atoms with Crippen LogP contribution >= 0.6 is 11.8 Å². The second kappa shape index (κ2) is 7.29. The van der Waals surface area contributed by atoms with Gasteiger partial charge in [-0.3, -0.25) is 4.79 Å². The van der Waals surface area contributed by atoms with E-state index >= 15 is 0 Å². The van der Waals surface area contributed by atoms with Crippen LogP contribution in [0.5, 0.6) is 0 Å². The largest absolute Gasteiger partial charge is 0.272 e. The molecule has 1 aliphatic heterocycles. The van der Waals surface area contributed by atoms with Gasteiger partial charge in [0.05, 0.1) is 17.3 Å². The van der Waals surface area contributed by atoms with Crippen LogP contribution < -0.4 is 0 Å². The first-order valence-corrected chi connectivity index (χ1v) is 10.3. The lowest BCUT2D eigenvalue weighted by Crippen LogP contribution is -2.28. The second-order valence-electron chi connectivity index (χ2n) is 6.79. The standard InChI is InChI=1S/C21H18N6OS/c1-14-23-20-16-9-5-6-10-17(16)24-21(27(20)25-14)29-13-19(28)26-18(11-12-22-26)15-7-3-2-4-8-15/h2-10,12,18H,11,13H2,1H3/t18-/m1/s1. The van der Waals surface area contributed by atoms with E-state index in [9.17, 15) is 4.79 Å². The summed E-state index contributed by atoms with van der Waals surface area (Å²) in [4.78, 5) is 22.2. The van der Waals surface area contributed by atoms with Crippen LogP contribution in [0.15, 0.2) is 64.9 Å². The molecule has 4 aromatic rings. The Morgan fingerprint density at radius 1 is 1.10 bits per heavy atom. The van der Waals surface area contributed by atoms with Crippen LogP contribution in [0.25, 0.3) is 16.6 Å². The number of thioether (sulfide) groups is 1. The van der Waals surface area contributed by atoms with Crippen LogP contribution in [-0.4, -0.2) is 42.5 Å². The number of rotatable bonds is 4. The maximum atomic E-state index is 12.9. The summed E-state index contributed by atoms with van der Waals surface area (Å²) in [7, 11) is 0. The predicted molar refractivity (Wildman–Crippen MR) is 113 cm³/mol. The molecule has 0 aliphatic carbocycles. The van der Waals surface area contributed by atoms with Crippen molar-refractivity contribution in [2.24, 2.45) is 5.10 Å². The van der Waals surface area contributed by atoms with Gasteiger partial charge in [-0.15, -0.1) is 5.10 Å². The van der Waals surface area contributed by atoms with E-state index in [1.54, 1.807) is 15.7 Å². The van der Waals surface area contributed by atoms with E-state index in [0.29, 0.717) is 11.0 Å². The molecule has 0 saturated carbocycles. The molecule has 0 radical (unpaired) electrons. The van der Waals surface area contributed by atoms with Gasteiger partial charge in [0.25, 0.3) is 5.91 Å². The van der Waals surface area contributed by atoms with Gasteiger partial charge in [0.2, 0.25) is 0 Å². The lowest BCUT2D eigenvalue weighted by molar-refractivity contribution is -0.130. The fraction of sp³-hybridized carbons (Fsp3) is 0.190. The summed E-state index contributed by atoms with van der Waals surface area (Å²) in [6, 6.07) is 17.8. The number of aryl methyl sites for hydroxylation is 1. The topological polar surface area (TPSA) is 75.8 Å². The van der Waals surface area contributed by atoms with E-state index in [4.69, 9.17) is 4.98 Å². The lowest BCUT2D eigenvalue weighted by Gasteiger charge is -2.22. The Morgan fingerprint density at radius 3 is 2.76 bits per heavy atom. The zero-order valence-electron chi connectivity index (χ0n) is 15.8. The van der Waals surface area contributed by atoms with Crippen LogP contribution in [0.2, 0.25) is 0 Å². The summed E-state index contributed by atoms with van der Waals surface area (Å²) >= 11 is 1.35. The number of hydrogen-bond acceptors (Lipinski definition) is 6. The number of para-hydroxylation sites is 1. The molecule has 0 unspecified atom stereocenters. The minimum atomic E-state index is -0.0578. The molecule has 1 atom stereocenters. The van der Waals surface area contributed by atoms with E-state index in [2.05, 4.69) is 15.2 Å². The molecule has 0 fully saturated rings. The summed E-state index contributed by atoms with van der Waals surface area (Å²) in [5, 5.41) is 11.9. The zero-order chi connectivity index (χ0) is 19.8. The van der Waals surface area contributed by atoms with Gasteiger partial charge in [-0.2, -0.15) is 9.62 Å². The number of carbonyl (C=O) groups is 1. The van der Waals surface area contributed by atoms with Gasteiger partial charge in [0.1, 0.15) is 5.82 Å². The third kappa shape index (κ3) is 3.25. The van der Waals surface area contributed by atoms with E-state index < -0.39 is 0 Å². The summed E-state index contributed by atoms with van der Waals surface area (Å²) in [5.74, 6) is 0.835. The molecule has 2 aromatic heterocycles. The Balaban J connectivity index is 1.41. The molecule has 0 spiro atoms. The van der Waals surface area contributed by atoms with Crippen molar-refractivity contribution in [2.45, 2.75) is 24.5 Å². The number of hydrazone groups is 1. The fourth-order valence-electron chi connectivity index (χ4n) is 3.53. The normalized spacial score (nSPS) is 16.2. The number of carbonyl (C=O) groups excluding carboxylic acids is 1. The van der Waals surface area contributed by atoms with Crippen LogP contribution in [-0.2, 0) is 4.79 Å². The fourth-order valence-corrected chi connectivity index (χ4v) is 4.32. The summed E-state index contributed by atoms with van der Waals surface area (Å²) in [6.07, 6.45) is 2.52. The van der Waals surface area contributed by atoms with Crippen LogP contribution in [0.4, 0.5) is 0 Å². The third-order valence-electron chi connectivity index (χ3n) is 4.85. The lowest BCUT2D eigenvalue weighted by atomic mass is 10.0. The molecule has 8 heteroatoms. The van der Waals surface area contributed by atoms with Crippen molar-refractivity contribution in [1.29, 1.82) is 0 Å². The Bertz CT molecular complexity index is 1240. The second-order valence-corrected chi connectivity index (χ2v) is 7.74. The minimum absolute atomic E-state index is 0.0532. The molecule has 29 heavy (non-hydrogen) atoms. The summed E-state index contributed by atoms with van der Waals surface area (Å²) in [6.45, 7) is 1.85. The molecule has 1 aliphatic rings. The van der Waals surface area contributed by atoms with Gasteiger partial charge in [-0.05, 0) is 24.6 Å². The highest BCUT2D eigenvalue weighted by Gasteiger charge is 2.28. The number of aromatic nitrogens is 4. The van der Waals surface area contributed by atoms with Gasteiger partial charge >= 0.3 is 0 Å². The highest BCUT2D eigenvalue weighted by Crippen LogP contribution is 2.30. The van der Waals surface area contributed by atoms with Gasteiger partial charge in [-0.25, -0.2) is 15.0 Å². The van der Waals surface area contributed by atoms with Crippen molar-refractivity contribution >= 4 is 40.4 Å². The number of amides is 1. The Kier molecular flexibility index (Phi) is 4.48. The van der Waals surface area contributed by atoms with Crippen molar-refractivity contribution in [3.8, 4) is 0 Å². The molecule has 144 valence electrons. The Labute approximate surface area is 171 Å². The SMILES string of the molecule is Cc1nc2c3ccccc3nc(SCC(=O)N3N=CC[C@@H]3c3ccccc3)n2n1. The average molecular weight is 402 g/mol. The highest BCUT2D eigenvalue weighted by atomic mass is 32.2. The van der Waals surface area contributed by atoms with Crippen molar-refractivity contribution in [3.05, 3.63) is 66.0 Å². The van der Waals surface area contributed by atoms with Crippen LogP contribution in [0.3, 0.4) is 0 Å². The van der Waals surface area contributed by atoms with Gasteiger partial charge < -0.3 is 0 Å². The molecule has 0 saturated heterocycles. The quantitative estimate of drug-likeness (QED) is 0.385. The minimum Gasteiger partial charge on any atom is -0.272 e. The average Bonchev–Trinajstić information content (AvgIpc) is 3.39. The van der Waals surface area contributed by atoms with Crippen molar-refractivity contribution in [1.82, 2.24) is 24.6 Å². The highest BCUT2D eigenvalue weighted by molar-refractivity contribution is 7.99. The third-order valence-corrected chi connectivity index (χ3v) is 5.76. The monoisotopic (exact) mass is 402 g/mol. The molecule has 0 bridgehead atoms. The van der Waals surface area contributed by atoms with Gasteiger partial charge in [-0.1, -0.05) is 54.2 Å². The van der Waals surface area contributed by atoms with E-state index in [1.807, 2.05) is 61.5 Å². The van der Waals surface area contributed by atoms with E-state index in [-0.39, 0.29) is 17.7 Å². The Hall–Kier alpha value is -3.26. The summed E-state index contributed by atoms with van der Waals surface area (Å²) < 4.78 is 1.72. The van der Waals surface area contributed by atoms with Crippen LogP contribution in [0, 0.1) is 6.92 Å². The van der Waals surface area contributed by atoms with Gasteiger partial charge in [0, 0.05) is 18.0 Å². The summed E-state index contributed by atoms with van der Waals surface area (Å²) in [5.41, 5.74) is 2.68. The number of fused-ring (bicyclic) bond motifs is 3. The molecule has 1 amide bonds. The smallest absolute Gasteiger partial charge is 0.253 e. The Morgan fingerprint density at radius 2 is 1.90 bits per heavy atom. The zero-order valence-corrected chi connectivity index (χ0v) is 16.6.